The van der Waals surface area contributed by atoms with Crippen LogP contribution < -0.4 is 10.6 Å². The molecule has 0 saturated heterocycles. The zero-order valence-electron chi connectivity index (χ0n) is 11.1. The van der Waals surface area contributed by atoms with Gasteiger partial charge in [0.25, 0.3) is 5.91 Å². The molecule has 1 aromatic carbocycles. The highest BCUT2D eigenvalue weighted by molar-refractivity contribution is 5.96. The van der Waals surface area contributed by atoms with E-state index in [0.29, 0.717) is 5.56 Å². The first-order chi connectivity index (χ1) is 9.66. The number of carbonyl (C=O) groups excluding carboxylic acids is 2. The van der Waals surface area contributed by atoms with Crippen LogP contribution in [0.3, 0.4) is 0 Å². The summed E-state index contributed by atoms with van der Waals surface area (Å²) in [5, 5.41) is 11.9. The maximum absolute atomic E-state index is 11.8. The van der Waals surface area contributed by atoms with Crippen LogP contribution in [0.25, 0.3) is 0 Å². The summed E-state index contributed by atoms with van der Waals surface area (Å²) in [6.45, 7) is 1.79. The minimum absolute atomic E-state index is 0.0596. The molecule has 6 heteroatoms. The van der Waals surface area contributed by atoms with E-state index in [0.717, 1.165) is 5.56 Å². The van der Waals surface area contributed by atoms with E-state index in [9.17, 15) is 9.59 Å². The fraction of sp³-hybridized carbons (Fsp3) is 0.214. The molecule has 0 bridgehead atoms. The second kappa shape index (κ2) is 6.51. The first-order valence-electron chi connectivity index (χ1n) is 6.28. The van der Waals surface area contributed by atoms with Gasteiger partial charge in [-0.05, 0) is 19.1 Å². The molecule has 3 N–H and O–H groups in total. The molecule has 2 amide bonds. The number of hydrogen-bond acceptors (Lipinski definition) is 3. The zero-order valence-corrected chi connectivity index (χ0v) is 11.1. The van der Waals surface area contributed by atoms with Gasteiger partial charge in [0.15, 0.2) is 0 Å². The van der Waals surface area contributed by atoms with Crippen molar-refractivity contribution < 1.29 is 9.59 Å². The van der Waals surface area contributed by atoms with E-state index in [4.69, 9.17) is 0 Å². The van der Waals surface area contributed by atoms with Crippen LogP contribution in [0.2, 0.25) is 0 Å². The van der Waals surface area contributed by atoms with E-state index >= 15 is 0 Å². The van der Waals surface area contributed by atoms with E-state index in [2.05, 4.69) is 20.8 Å². The van der Waals surface area contributed by atoms with E-state index in [-0.39, 0.29) is 24.4 Å². The molecule has 0 spiro atoms. The Kier molecular flexibility index (Phi) is 4.49. The molecule has 2 aromatic rings. The van der Waals surface area contributed by atoms with Gasteiger partial charge in [0.05, 0.1) is 18.8 Å². The minimum Gasteiger partial charge on any atom is -0.348 e. The molecule has 0 fully saturated rings. The molecule has 6 nitrogen and oxygen atoms in total. The Bertz CT molecular complexity index is 566. The fourth-order valence-electron chi connectivity index (χ4n) is 1.73. The Balaban J connectivity index is 1.79. The van der Waals surface area contributed by atoms with Gasteiger partial charge in [0.2, 0.25) is 5.91 Å². The lowest BCUT2D eigenvalue weighted by Gasteiger charge is -2.12. The molecule has 0 saturated carbocycles. The fourth-order valence-corrected chi connectivity index (χ4v) is 1.73. The monoisotopic (exact) mass is 272 g/mol. The summed E-state index contributed by atoms with van der Waals surface area (Å²) in [5.74, 6) is -0.514. The maximum Gasteiger partial charge on any atom is 0.251 e. The third-order valence-corrected chi connectivity index (χ3v) is 2.84. The van der Waals surface area contributed by atoms with Crippen LogP contribution in [0, 0.1) is 0 Å². The Hall–Kier alpha value is -2.63. The van der Waals surface area contributed by atoms with Gasteiger partial charge in [0.1, 0.15) is 0 Å². The lowest BCUT2D eigenvalue weighted by molar-refractivity contribution is -0.120. The molecule has 1 heterocycles. The highest BCUT2D eigenvalue weighted by Crippen LogP contribution is 2.08. The quantitative estimate of drug-likeness (QED) is 0.759. The number of H-pyrrole nitrogens is 1. The van der Waals surface area contributed by atoms with Gasteiger partial charge in [-0.15, -0.1) is 0 Å². The summed E-state index contributed by atoms with van der Waals surface area (Å²) in [6, 6.07) is 8.61. The molecule has 0 aliphatic rings. The molecular weight excluding hydrogens is 256 g/mol. The Morgan fingerprint density at radius 3 is 2.70 bits per heavy atom. The first kappa shape index (κ1) is 13.8. The van der Waals surface area contributed by atoms with Crippen LogP contribution in [0.1, 0.15) is 28.9 Å². The van der Waals surface area contributed by atoms with Crippen molar-refractivity contribution in [1.29, 1.82) is 0 Å². The standard InChI is InChI=1S/C14H16N4O2/c1-10(12-7-16-17-8-12)18-13(19)9-15-14(20)11-5-3-2-4-6-11/h2-8,10H,9H2,1H3,(H,15,20)(H,16,17)(H,18,19). The van der Waals surface area contributed by atoms with Crippen LogP contribution in [-0.2, 0) is 4.79 Å². The van der Waals surface area contributed by atoms with Crippen LogP contribution in [-0.4, -0.2) is 28.6 Å². The minimum atomic E-state index is -0.267. The largest absolute Gasteiger partial charge is 0.348 e. The van der Waals surface area contributed by atoms with Gasteiger partial charge in [-0.2, -0.15) is 5.10 Å². The van der Waals surface area contributed by atoms with Gasteiger partial charge in [-0.1, -0.05) is 18.2 Å². The van der Waals surface area contributed by atoms with Crippen molar-refractivity contribution in [2.75, 3.05) is 6.54 Å². The molecule has 0 radical (unpaired) electrons. The number of rotatable bonds is 5. The number of hydrogen-bond donors (Lipinski definition) is 3. The summed E-state index contributed by atoms with van der Waals surface area (Å²) < 4.78 is 0. The number of carbonyl (C=O) groups is 2. The number of nitrogens with zero attached hydrogens (tertiary/aromatic N) is 1. The highest BCUT2D eigenvalue weighted by atomic mass is 16.2. The molecule has 1 aromatic heterocycles. The summed E-state index contributed by atoms with van der Waals surface area (Å²) in [5.41, 5.74) is 1.41. The predicted octanol–water partition coefficient (Wildman–Crippen LogP) is 1.02. The molecule has 1 atom stereocenters. The van der Waals surface area contributed by atoms with E-state index in [1.807, 2.05) is 13.0 Å². The topological polar surface area (TPSA) is 86.9 Å². The molecular formula is C14H16N4O2. The van der Waals surface area contributed by atoms with Gasteiger partial charge in [-0.3, -0.25) is 14.7 Å². The summed E-state index contributed by atoms with van der Waals surface area (Å²) in [6.07, 6.45) is 3.36. The Morgan fingerprint density at radius 1 is 1.30 bits per heavy atom. The molecule has 1 unspecified atom stereocenters. The van der Waals surface area contributed by atoms with Crippen LogP contribution in [0.4, 0.5) is 0 Å². The number of aromatic amines is 1. The summed E-state index contributed by atoms with van der Waals surface area (Å²) in [7, 11) is 0. The average molecular weight is 272 g/mol. The highest BCUT2D eigenvalue weighted by Gasteiger charge is 2.11. The van der Waals surface area contributed by atoms with E-state index in [1.54, 1.807) is 36.7 Å². The molecule has 0 aliphatic carbocycles. The second-order valence-corrected chi connectivity index (χ2v) is 4.37. The van der Waals surface area contributed by atoms with Crippen molar-refractivity contribution >= 4 is 11.8 Å². The second-order valence-electron chi connectivity index (χ2n) is 4.37. The first-order valence-corrected chi connectivity index (χ1v) is 6.28. The summed E-state index contributed by atoms with van der Waals surface area (Å²) in [4.78, 5) is 23.5. The van der Waals surface area contributed by atoms with Crippen molar-refractivity contribution in [2.24, 2.45) is 0 Å². The zero-order chi connectivity index (χ0) is 14.4. The Morgan fingerprint density at radius 2 is 2.05 bits per heavy atom. The van der Waals surface area contributed by atoms with Gasteiger partial charge < -0.3 is 10.6 Å². The van der Waals surface area contributed by atoms with Crippen LogP contribution in [0.15, 0.2) is 42.7 Å². The molecule has 104 valence electrons. The van der Waals surface area contributed by atoms with Crippen molar-refractivity contribution in [1.82, 2.24) is 20.8 Å². The maximum atomic E-state index is 11.8. The lowest BCUT2D eigenvalue weighted by atomic mass is 10.2. The molecule has 20 heavy (non-hydrogen) atoms. The third kappa shape index (κ3) is 3.68. The van der Waals surface area contributed by atoms with Gasteiger partial charge in [-0.25, -0.2) is 0 Å². The van der Waals surface area contributed by atoms with Crippen molar-refractivity contribution in [3.8, 4) is 0 Å². The number of nitrogens with one attached hydrogen (secondary N) is 3. The number of benzene rings is 1. The van der Waals surface area contributed by atoms with Crippen LogP contribution in [0.5, 0.6) is 0 Å². The average Bonchev–Trinajstić information content (AvgIpc) is 3.00. The van der Waals surface area contributed by atoms with Gasteiger partial charge in [0, 0.05) is 17.3 Å². The lowest BCUT2D eigenvalue weighted by Crippen LogP contribution is -2.37. The smallest absolute Gasteiger partial charge is 0.251 e. The molecule has 0 aliphatic heterocycles. The van der Waals surface area contributed by atoms with Crippen molar-refractivity contribution in [3.63, 3.8) is 0 Å². The van der Waals surface area contributed by atoms with E-state index < -0.39 is 0 Å². The SMILES string of the molecule is CC(NC(=O)CNC(=O)c1ccccc1)c1cn[nH]c1. The van der Waals surface area contributed by atoms with Gasteiger partial charge >= 0.3 is 0 Å². The Labute approximate surface area is 116 Å². The van der Waals surface area contributed by atoms with Crippen molar-refractivity contribution in [2.45, 2.75) is 13.0 Å². The summed E-state index contributed by atoms with van der Waals surface area (Å²) >= 11 is 0. The molecule has 2 rings (SSSR count). The van der Waals surface area contributed by atoms with Crippen LogP contribution >= 0.6 is 0 Å². The third-order valence-electron chi connectivity index (χ3n) is 2.84. The number of aromatic nitrogens is 2. The van der Waals surface area contributed by atoms with Crippen molar-refractivity contribution in [3.05, 3.63) is 53.9 Å². The normalized spacial score (nSPS) is 11.7. The predicted molar refractivity (Wildman–Crippen MR) is 73.9 cm³/mol. The number of amides is 2. The van der Waals surface area contributed by atoms with E-state index in [1.165, 1.54) is 0 Å².